The number of anilines is 3. The van der Waals surface area contributed by atoms with E-state index >= 15 is 0 Å². The number of fused-ring (bicyclic) bond motifs is 1. The van der Waals surface area contributed by atoms with E-state index in [4.69, 9.17) is 0 Å². The number of hydrogen-bond donors (Lipinski definition) is 3. The van der Waals surface area contributed by atoms with Crippen LogP contribution >= 0.6 is 0 Å². The molecule has 0 saturated carbocycles. The van der Waals surface area contributed by atoms with Crippen molar-refractivity contribution in [3.63, 3.8) is 0 Å². The van der Waals surface area contributed by atoms with Gasteiger partial charge < -0.3 is 15.2 Å². The Morgan fingerprint density at radius 1 is 1.10 bits per heavy atom. The summed E-state index contributed by atoms with van der Waals surface area (Å²) >= 11 is 0. The van der Waals surface area contributed by atoms with Gasteiger partial charge in [-0.05, 0) is 49.7 Å². The van der Waals surface area contributed by atoms with Crippen molar-refractivity contribution in [3.05, 3.63) is 53.5 Å². The monoisotopic (exact) mass is 426 g/mol. The summed E-state index contributed by atoms with van der Waals surface area (Å²) in [4.78, 5) is 21.2. The van der Waals surface area contributed by atoms with Crippen LogP contribution in [-0.4, -0.2) is 41.7 Å². The molecule has 2 aromatic heterocycles. The molecule has 1 amide bonds. The highest BCUT2D eigenvalue weighted by molar-refractivity contribution is 7.92. The molecule has 1 aliphatic rings. The molecule has 0 radical (unpaired) electrons. The van der Waals surface area contributed by atoms with Crippen LogP contribution in [0.1, 0.15) is 21.7 Å². The normalized spacial score (nSPS) is 13.5. The largest absolute Gasteiger partial charge is 0.349 e. The van der Waals surface area contributed by atoms with Gasteiger partial charge in [-0.3, -0.25) is 9.52 Å². The molecule has 1 aromatic carbocycles. The molecule has 0 spiro atoms. The first-order valence-electron chi connectivity index (χ1n) is 9.39. The highest BCUT2D eigenvalue weighted by Crippen LogP contribution is 2.32. The summed E-state index contributed by atoms with van der Waals surface area (Å²) in [5, 5.41) is 6.01. The van der Waals surface area contributed by atoms with Crippen molar-refractivity contribution >= 4 is 33.3 Å². The van der Waals surface area contributed by atoms with Gasteiger partial charge in [0.1, 0.15) is 5.69 Å². The first-order chi connectivity index (χ1) is 14.2. The van der Waals surface area contributed by atoms with Crippen LogP contribution in [0.5, 0.6) is 0 Å². The molecule has 0 unspecified atom stereocenters. The topological polar surface area (TPSA) is 118 Å². The second-order valence-corrected chi connectivity index (χ2v) is 8.93. The van der Waals surface area contributed by atoms with Gasteiger partial charge in [0, 0.05) is 41.9 Å². The van der Waals surface area contributed by atoms with Gasteiger partial charge in [0.05, 0.1) is 11.9 Å². The zero-order chi connectivity index (χ0) is 21.5. The molecule has 0 aliphatic carbocycles. The van der Waals surface area contributed by atoms with Gasteiger partial charge in [-0.25, -0.2) is 18.4 Å². The van der Waals surface area contributed by atoms with E-state index in [2.05, 4.69) is 25.3 Å². The van der Waals surface area contributed by atoms with E-state index in [0.29, 0.717) is 23.9 Å². The summed E-state index contributed by atoms with van der Waals surface area (Å²) in [5.41, 5.74) is 5.42. The zero-order valence-electron chi connectivity index (χ0n) is 16.9. The molecule has 9 nitrogen and oxygen atoms in total. The Kier molecular flexibility index (Phi) is 4.94. The molecule has 0 bridgehead atoms. The van der Waals surface area contributed by atoms with Gasteiger partial charge in [0.25, 0.3) is 5.91 Å². The summed E-state index contributed by atoms with van der Waals surface area (Å²) in [5.74, 6) is 0.340. The number of rotatable bonds is 5. The predicted molar refractivity (Wildman–Crippen MR) is 115 cm³/mol. The predicted octanol–water partition coefficient (Wildman–Crippen LogP) is 2.42. The molecule has 156 valence electrons. The number of carbonyl (C=O) groups excluding carboxylic acids is 1. The van der Waals surface area contributed by atoms with E-state index in [0.717, 1.165) is 41.0 Å². The molecule has 3 heterocycles. The van der Waals surface area contributed by atoms with Gasteiger partial charge in [-0.1, -0.05) is 0 Å². The van der Waals surface area contributed by atoms with Crippen LogP contribution in [0.2, 0.25) is 0 Å². The number of benzene rings is 1. The minimum atomic E-state index is -3.32. The summed E-state index contributed by atoms with van der Waals surface area (Å²) in [6.07, 6.45) is 2.77. The molecule has 0 fully saturated rings. The summed E-state index contributed by atoms with van der Waals surface area (Å²) in [7, 11) is -3.32. The smallest absolute Gasteiger partial charge is 0.268 e. The molecule has 1 aliphatic heterocycles. The first kappa shape index (κ1) is 19.9. The minimum absolute atomic E-state index is 0.0664. The van der Waals surface area contributed by atoms with Crippen molar-refractivity contribution in [1.29, 1.82) is 0 Å². The standard InChI is InChI=1S/C20H22N6O3S/c1-12-17(13(2)26-11-10-21-19(27)18(12)26)16-8-9-22-20(24-16)23-14-4-6-15(7-5-14)25-30(3,28)29/h4-9,25H,10-11H2,1-3H3,(H,21,27)(H,22,23,24). The molecule has 4 rings (SSSR count). The average Bonchev–Trinajstić information content (AvgIpc) is 2.94. The second kappa shape index (κ2) is 7.45. The SMILES string of the molecule is Cc1c(-c2ccnc(Nc3ccc(NS(C)(=O)=O)cc3)n2)c(C)n2c1C(=O)NCC2. The Balaban J connectivity index is 1.62. The summed E-state index contributed by atoms with van der Waals surface area (Å²) in [6, 6.07) is 8.61. The van der Waals surface area contributed by atoms with Crippen LogP contribution in [0.4, 0.5) is 17.3 Å². The first-order valence-corrected chi connectivity index (χ1v) is 11.3. The highest BCUT2D eigenvalue weighted by atomic mass is 32.2. The molecule has 10 heteroatoms. The Hall–Kier alpha value is -3.40. The lowest BCUT2D eigenvalue weighted by Crippen LogP contribution is -2.35. The molecule has 3 N–H and O–H groups in total. The third kappa shape index (κ3) is 3.86. The van der Waals surface area contributed by atoms with E-state index < -0.39 is 10.0 Å². The number of sulfonamides is 1. The molecule has 0 atom stereocenters. The van der Waals surface area contributed by atoms with E-state index in [9.17, 15) is 13.2 Å². The average molecular weight is 427 g/mol. The van der Waals surface area contributed by atoms with Crippen LogP contribution < -0.4 is 15.4 Å². The van der Waals surface area contributed by atoms with Crippen LogP contribution in [0.15, 0.2) is 36.5 Å². The third-order valence-electron chi connectivity index (χ3n) is 4.96. The number of hydrogen-bond acceptors (Lipinski definition) is 6. The fourth-order valence-corrected chi connectivity index (χ4v) is 4.30. The highest BCUT2D eigenvalue weighted by Gasteiger charge is 2.26. The lowest BCUT2D eigenvalue weighted by molar-refractivity contribution is 0.0926. The summed E-state index contributed by atoms with van der Waals surface area (Å²) in [6.45, 7) is 5.27. The fourth-order valence-electron chi connectivity index (χ4n) is 3.73. The van der Waals surface area contributed by atoms with Gasteiger partial charge >= 0.3 is 0 Å². The summed E-state index contributed by atoms with van der Waals surface area (Å²) < 4.78 is 27.1. The molecular weight excluding hydrogens is 404 g/mol. The van der Waals surface area contributed by atoms with Gasteiger partial charge in [-0.2, -0.15) is 0 Å². The Morgan fingerprint density at radius 2 is 1.80 bits per heavy atom. The number of nitrogens with zero attached hydrogens (tertiary/aromatic N) is 3. The van der Waals surface area contributed by atoms with E-state index in [1.165, 1.54) is 0 Å². The Bertz CT molecular complexity index is 1230. The van der Waals surface area contributed by atoms with Gasteiger partial charge in [-0.15, -0.1) is 0 Å². The number of carbonyl (C=O) groups is 1. The molecule has 30 heavy (non-hydrogen) atoms. The number of aromatic nitrogens is 3. The van der Waals surface area contributed by atoms with Gasteiger partial charge in [0.15, 0.2) is 0 Å². The van der Waals surface area contributed by atoms with E-state index in [1.54, 1.807) is 30.5 Å². The van der Waals surface area contributed by atoms with Crippen LogP contribution in [0.3, 0.4) is 0 Å². The third-order valence-corrected chi connectivity index (χ3v) is 5.57. The molecule has 3 aromatic rings. The van der Waals surface area contributed by atoms with Crippen molar-refractivity contribution in [1.82, 2.24) is 19.9 Å². The lowest BCUT2D eigenvalue weighted by atomic mass is 10.1. The van der Waals surface area contributed by atoms with Crippen molar-refractivity contribution in [2.45, 2.75) is 20.4 Å². The maximum absolute atomic E-state index is 12.3. The van der Waals surface area contributed by atoms with E-state index in [-0.39, 0.29) is 5.91 Å². The second-order valence-electron chi connectivity index (χ2n) is 7.18. The van der Waals surface area contributed by atoms with E-state index in [1.807, 2.05) is 24.5 Å². The van der Waals surface area contributed by atoms with Crippen molar-refractivity contribution < 1.29 is 13.2 Å². The maximum Gasteiger partial charge on any atom is 0.268 e. The number of nitrogens with one attached hydrogen (secondary N) is 3. The zero-order valence-corrected chi connectivity index (χ0v) is 17.7. The van der Waals surface area contributed by atoms with Crippen molar-refractivity contribution in [2.75, 3.05) is 22.8 Å². The van der Waals surface area contributed by atoms with Crippen molar-refractivity contribution in [2.24, 2.45) is 0 Å². The van der Waals surface area contributed by atoms with Crippen LogP contribution in [0, 0.1) is 13.8 Å². The quantitative estimate of drug-likeness (QED) is 0.577. The van der Waals surface area contributed by atoms with Crippen LogP contribution in [-0.2, 0) is 16.6 Å². The van der Waals surface area contributed by atoms with Crippen molar-refractivity contribution in [3.8, 4) is 11.3 Å². The Morgan fingerprint density at radius 3 is 2.47 bits per heavy atom. The lowest BCUT2D eigenvalue weighted by Gasteiger charge is -2.17. The number of amides is 1. The Labute approximate surface area is 174 Å². The van der Waals surface area contributed by atoms with Gasteiger partial charge in [0.2, 0.25) is 16.0 Å². The molecule has 0 saturated heterocycles. The minimum Gasteiger partial charge on any atom is -0.349 e. The molecular formula is C20H22N6O3S. The van der Waals surface area contributed by atoms with Crippen LogP contribution in [0.25, 0.3) is 11.3 Å². The maximum atomic E-state index is 12.3. The fraction of sp³-hybridized carbons (Fsp3) is 0.250.